The number of aromatic nitrogens is 2. The van der Waals surface area contributed by atoms with Gasteiger partial charge in [-0.05, 0) is 12.8 Å². The van der Waals surface area contributed by atoms with Crippen LogP contribution in [0.1, 0.15) is 95.4 Å². The number of carbonyl (C=O) groups excluding carboxylic acids is 1. The third-order valence-corrected chi connectivity index (χ3v) is 4.71. The van der Waals surface area contributed by atoms with Gasteiger partial charge < -0.3 is 22.3 Å². The topological polar surface area (TPSA) is 68.4 Å². The van der Waals surface area contributed by atoms with Gasteiger partial charge in [-0.25, -0.2) is 9.97 Å². The van der Waals surface area contributed by atoms with Crippen LogP contribution in [0.3, 0.4) is 0 Å². The van der Waals surface area contributed by atoms with Crippen molar-refractivity contribution in [2.75, 3.05) is 0 Å². The number of pyridine rings is 2. The van der Waals surface area contributed by atoms with Crippen molar-refractivity contribution >= 4 is 5.97 Å². The molecule has 0 saturated carbocycles. The zero-order chi connectivity index (χ0) is 22.3. The molecular formula is C26H43ClN2O2. The molecule has 5 heteroatoms. The fraction of sp³-hybridized carbons (Fsp3) is 0.577. The normalized spacial score (nSPS) is 9.39. The van der Waals surface area contributed by atoms with Gasteiger partial charge in [0.25, 0.3) is 0 Å². The Bertz CT molecular complexity index is 572. The smallest absolute Gasteiger partial charge is 0.176 e. The van der Waals surface area contributed by atoms with Gasteiger partial charge in [0, 0.05) is 44.1 Å². The summed E-state index contributed by atoms with van der Waals surface area (Å²) in [6, 6.07) is 12.0. The Labute approximate surface area is 196 Å². The summed E-state index contributed by atoms with van der Waals surface area (Å²) >= 11 is 0. The summed E-state index contributed by atoms with van der Waals surface area (Å²) in [5, 5.41) is 10.1. The van der Waals surface area contributed by atoms with Crippen molar-refractivity contribution in [3.63, 3.8) is 0 Å². The van der Waals surface area contributed by atoms with Crippen molar-refractivity contribution in [3.8, 4) is 0 Å². The second-order valence-corrected chi connectivity index (χ2v) is 7.75. The van der Waals surface area contributed by atoms with E-state index >= 15 is 0 Å². The molecule has 31 heavy (non-hydrogen) atoms. The number of carbonyl (C=O) groups is 1. The number of nitrogens with one attached hydrogen (secondary N) is 2. The number of halogens is 1. The molecule has 2 aromatic rings. The lowest BCUT2D eigenvalue weighted by atomic mass is 10.1. The summed E-state index contributed by atoms with van der Waals surface area (Å²) in [4.78, 5) is 16.2. The highest BCUT2D eigenvalue weighted by molar-refractivity contribution is 5.64. The van der Waals surface area contributed by atoms with Crippen LogP contribution in [0.5, 0.6) is 0 Å². The van der Waals surface area contributed by atoms with Gasteiger partial charge in [0.05, 0.1) is 0 Å². The molecule has 0 fully saturated rings. The van der Waals surface area contributed by atoms with Gasteiger partial charge in [-0.15, -0.1) is 0 Å². The number of carboxylic acids is 1. The summed E-state index contributed by atoms with van der Waals surface area (Å²) in [7, 11) is 0. The van der Waals surface area contributed by atoms with E-state index in [1.54, 1.807) is 0 Å². The van der Waals surface area contributed by atoms with Crippen molar-refractivity contribution in [1.82, 2.24) is 0 Å². The molecule has 0 radical (unpaired) electrons. The van der Waals surface area contributed by atoms with Crippen LogP contribution in [-0.2, 0) is 4.79 Å². The maximum atomic E-state index is 10.1. The van der Waals surface area contributed by atoms with Crippen LogP contribution in [0.2, 0.25) is 0 Å². The number of aryl methyl sites for hydroxylation is 2. The Balaban J connectivity index is 0. The number of unbranched alkanes of at least 4 members (excludes halogenated alkanes) is 10. The third kappa shape index (κ3) is 26.0. The fourth-order valence-corrected chi connectivity index (χ4v) is 2.90. The molecule has 2 rings (SSSR count). The average molecular weight is 451 g/mol. The Hall–Kier alpha value is -1.94. The fourth-order valence-electron chi connectivity index (χ4n) is 2.90. The van der Waals surface area contributed by atoms with E-state index in [0.717, 1.165) is 12.8 Å². The molecule has 0 aliphatic rings. The SMILES string of the molecule is CCCCCCCCCCCCCC(=O)[O-].Cc1cccc[nH+]1.Cc1cccc[nH+]1.[Cl-]. The first-order valence-corrected chi connectivity index (χ1v) is 11.6. The average Bonchev–Trinajstić information content (AvgIpc) is 2.74. The van der Waals surface area contributed by atoms with Gasteiger partial charge in [-0.1, -0.05) is 83.3 Å². The zero-order valence-corrected chi connectivity index (χ0v) is 20.6. The maximum Gasteiger partial charge on any atom is 0.176 e. The summed E-state index contributed by atoms with van der Waals surface area (Å²) in [5.74, 6) is -0.907. The maximum absolute atomic E-state index is 10.1. The van der Waals surface area contributed by atoms with Crippen LogP contribution >= 0.6 is 0 Å². The number of hydrogen-bond acceptors (Lipinski definition) is 2. The van der Waals surface area contributed by atoms with E-state index in [2.05, 4.69) is 16.9 Å². The molecule has 0 aliphatic carbocycles. The first kappa shape index (κ1) is 31.2. The van der Waals surface area contributed by atoms with E-state index in [9.17, 15) is 9.90 Å². The number of carboxylic acid groups (broad SMARTS) is 1. The summed E-state index contributed by atoms with van der Waals surface area (Å²) < 4.78 is 0. The second-order valence-electron chi connectivity index (χ2n) is 7.75. The van der Waals surface area contributed by atoms with E-state index in [4.69, 9.17) is 0 Å². The molecular weight excluding hydrogens is 408 g/mol. The lowest BCUT2D eigenvalue weighted by Crippen LogP contribution is -3.00. The molecule has 4 nitrogen and oxygen atoms in total. The van der Waals surface area contributed by atoms with Gasteiger partial charge in [0.2, 0.25) is 0 Å². The molecule has 2 N–H and O–H groups in total. The number of aromatic amines is 2. The van der Waals surface area contributed by atoms with Gasteiger partial charge >= 0.3 is 0 Å². The van der Waals surface area contributed by atoms with Crippen LogP contribution in [0, 0.1) is 13.8 Å². The first-order chi connectivity index (χ1) is 14.6. The molecule has 0 aliphatic heterocycles. The van der Waals surface area contributed by atoms with E-state index < -0.39 is 5.97 Å². The molecule has 2 aromatic heterocycles. The quantitative estimate of drug-likeness (QED) is 0.464. The molecule has 176 valence electrons. The minimum absolute atomic E-state index is 0. The molecule has 0 amide bonds. The van der Waals surface area contributed by atoms with Crippen LogP contribution < -0.4 is 27.5 Å². The van der Waals surface area contributed by atoms with Crippen molar-refractivity contribution in [2.45, 2.75) is 97.8 Å². The predicted octanol–water partition coefficient (Wildman–Crippen LogP) is 2.06. The van der Waals surface area contributed by atoms with Gasteiger partial charge in [0.15, 0.2) is 23.8 Å². The largest absolute Gasteiger partial charge is 1.00 e. The van der Waals surface area contributed by atoms with Gasteiger partial charge in [0.1, 0.15) is 0 Å². The highest BCUT2D eigenvalue weighted by Gasteiger charge is 1.93. The van der Waals surface area contributed by atoms with Crippen molar-refractivity contribution < 1.29 is 32.3 Å². The monoisotopic (exact) mass is 450 g/mol. The van der Waals surface area contributed by atoms with Gasteiger partial charge in [-0.2, -0.15) is 0 Å². The molecule has 0 spiro atoms. The van der Waals surface area contributed by atoms with E-state index in [1.165, 1.54) is 69.2 Å². The minimum atomic E-state index is -0.907. The molecule has 0 aromatic carbocycles. The lowest BCUT2D eigenvalue weighted by molar-refractivity contribution is -0.387. The standard InChI is InChI=1S/C14H28O2.2C6H7N.ClH/c1-2-3-4-5-6-7-8-9-10-11-12-13-14(15)16;2*1-6-4-2-3-5-7-6;/h2-13H2,1H3,(H,15,16);2*2-5H,1H3;1H. The van der Waals surface area contributed by atoms with Gasteiger partial charge in [-0.3, -0.25) is 0 Å². The minimum Gasteiger partial charge on any atom is -1.00 e. The molecule has 0 atom stereocenters. The van der Waals surface area contributed by atoms with Crippen molar-refractivity contribution in [3.05, 3.63) is 60.2 Å². The Kier molecular flexibility index (Phi) is 24.5. The van der Waals surface area contributed by atoms with Crippen molar-refractivity contribution in [2.24, 2.45) is 0 Å². The van der Waals surface area contributed by atoms with Crippen LogP contribution in [0.4, 0.5) is 0 Å². The molecule has 2 heterocycles. The predicted molar refractivity (Wildman–Crippen MR) is 122 cm³/mol. The summed E-state index contributed by atoms with van der Waals surface area (Å²) in [6.07, 6.45) is 17.9. The van der Waals surface area contributed by atoms with E-state index in [-0.39, 0.29) is 18.8 Å². The second kappa shape index (κ2) is 24.3. The number of H-pyrrole nitrogens is 2. The molecule has 0 unspecified atom stereocenters. The summed E-state index contributed by atoms with van der Waals surface area (Å²) in [5.41, 5.74) is 2.39. The van der Waals surface area contributed by atoms with Crippen LogP contribution in [-0.4, -0.2) is 5.97 Å². The molecule has 0 bridgehead atoms. The van der Waals surface area contributed by atoms with E-state index in [0.29, 0.717) is 0 Å². The zero-order valence-electron chi connectivity index (χ0n) is 19.8. The highest BCUT2D eigenvalue weighted by Crippen LogP contribution is 2.11. The van der Waals surface area contributed by atoms with Crippen LogP contribution in [0.25, 0.3) is 0 Å². The Morgan fingerprint density at radius 1 is 0.710 bits per heavy atom. The molecule has 0 saturated heterocycles. The Morgan fingerprint density at radius 2 is 1.10 bits per heavy atom. The van der Waals surface area contributed by atoms with Crippen molar-refractivity contribution in [1.29, 1.82) is 0 Å². The number of aliphatic carboxylic acids is 1. The highest BCUT2D eigenvalue weighted by atomic mass is 35.5. The third-order valence-electron chi connectivity index (χ3n) is 4.71. The summed E-state index contributed by atoms with van der Waals surface area (Å²) in [6.45, 7) is 6.30. The van der Waals surface area contributed by atoms with E-state index in [1.807, 2.05) is 62.6 Å². The van der Waals surface area contributed by atoms with Crippen LogP contribution in [0.15, 0.2) is 48.8 Å². The Morgan fingerprint density at radius 3 is 1.35 bits per heavy atom. The number of rotatable bonds is 12. The lowest BCUT2D eigenvalue weighted by Gasteiger charge is -2.03. The number of hydrogen-bond donors (Lipinski definition) is 0. The first-order valence-electron chi connectivity index (χ1n) is 11.6.